The van der Waals surface area contributed by atoms with Gasteiger partial charge in [0.05, 0.1) is 23.9 Å². The van der Waals surface area contributed by atoms with Crippen LogP contribution in [0, 0.1) is 0 Å². The molecule has 0 amide bonds. The molecule has 90 valence electrons. The second-order valence-electron chi connectivity index (χ2n) is 3.53. The number of aromatic nitrogens is 2. The summed E-state index contributed by atoms with van der Waals surface area (Å²) in [5, 5.41) is 13.8. The molecule has 1 aromatic carbocycles. The van der Waals surface area contributed by atoms with Crippen LogP contribution in [0.1, 0.15) is 0 Å². The van der Waals surface area contributed by atoms with Crippen molar-refractivity contribution >= 4 is 33.3 Å². The Kier molecular flexibility index (Phi) is 3.71. The monoisotopic (exact) mass is 315 g/mol. The number of nitrogens with two attached hydrogens (primary N) is 1. The highest BCUT2D eigenvalue weighted by molar-refractivity contribution is 9.10. The molecule has 1 aromatic heterocycles. The summed E-state index contributed by atoms with van der Waals surface area (Å²) in [5.41, 5.74) is 7.29. The molecule has 0 aliphatic carbocycles. The number of rotatable bonds is 3. The first-order valence-electron chi connectivity index (χ1n) is 5.01. The number of nitrogen functional groups attached to an aromatic ring is 1. The van der Waals surface area contributed by atoms with Crippen molar-refractivity contribution < 1.29 is 5.11 Å². The van der Waals surface area contributed by atoms with E-state index in [4.69, 9.17) is 22.4 Å². The lowest BCUT2D eigenvalue weighted by Gasteiger charge is -2.01. The van der Waals surface area contributed by atoms with Crippen molar-refractivity contribution in [3.63, 3.8) is 0 Å². The maximum atomic E-state index is 8.87. The molecular weight excluding hydrogens is 305 g/mol. The summed E-state index contributed by atoms with van der Waals surface area (Å²) < 4.78 is 2.47. The zero-order chi connectivity index (χ0) is 12.4. The van der Waals surface area contributed by atoms with Crippen LogP contribution in [0.3, 0.4) is 0 Å². The minimum Gasteiger partial charge on any atom is -0.394 e. The van der Waals surface area contributed by atoms with Gasteiger partial charge < -0.3 is 10.8 Å². The Hall–Kier alpha value is -1.04. The predicted molar refractivity (Wildman–Crippen MR) is 71.9 cm³/mol. The van der Waals surface area contributed by atoms with Crippen molar-refractivity contribution in [1.82, 2.24) is 9.78 Å². The van der Waals surface area contributed by atoms with E-state index in [2.05, 4.69) is 21.0 Å². The molecule has 0 saturated heterocycles. The number of benzene rings is 1. The third kappa shape index (κ3) is 2.62. The van der Waals surface area contributed by atoms with Crippen molar-refractivity contribution in [3.8, 4) is 11.3 Å². The number of hydrogen-bond donors (Lipinski definition) is 2. The van der Waals surface area contributed by atoms with Crippen LogP contribution in [0.2, 0.25) is 5.02 Å². The fraction of sp³-hybridized carbons (Fsp3) is 0.182. The Labute approximate surface area is 112 Å². The lowest BCUT2D eigenvalue weighted by molar-refractivity contribution is 0.270. The van der Waals surface area contributed by atoms with E-state index < -0.39 is 0 Å². The highest BCUT2D eigenvalue weighted by Crippen LogP contribution is 2.30. The summed E-state index contributed by atoms with van der Waals surface area (Å²) in [6.45, 7) is 0.370. The van der Waals surface area contributed by atoms with Gasteiger partial charge in [0.1, 0.15) is 5.82 Å². The molecule has 17 heavy (non-hydrogen) atoms. The van der Waals surface area contributed by atoms with Crippen molar-refractivity contribution in [2.75, 3.05) is 12.3 Å². The number of halogens is 2. The van der Waals surface area contributed by atoms with E-state index in [0.29, 0.717) is 23.1 Å². The summed E-state index contributed by atoms with van der Waals surface area (Å²) in [7, 11) is 0. The second kappa shape index (κ2) is 5.08. The highest BCUT2D eigenvalue weighted by Gasteiger charge is 2.10. The molecule has 0 bridgehead atoms. The highest BCUT2D eigenvalue weighted by atomic mass is 79.9. The first-order valence-corrected chi connectivity index (χ1v) is 6.18. The molecule has 6 heteroatoms. The van der Waals surface area contributed by atoms with Gasteiger partial charge in [-0.3, -0.25) is 0 Å². The van der Waals surface area contributed by atoms with E-state index in [-0.39, 0.29) is 6.61 Å². The van der Waals surface area contributed by atoms with E-state index in [1.54, 1.807) is 16.8 Å². The van der Waals surface area contributed by atoms with Gasteiger partial charge in [-0.2, -0.15) is 5.10 Å². The van der Waals surface area contributed by atoms with Gasteiger partial charge in [-0.15, -0.1) is 0 Å². The van der Waals surface area contributed by atoms with E-state index in [0.717, 1.165) is 10.0 Å². The minimum atomic E-state index is -0.00244. The van der Waals surface area contributed by atoms with Gasteiger partial charge in [-0.1, -0.05) is 27.5 Å². The third-order valence-corrected chi connectivity index (χ3v) is 3.15. The summed E-state index contributed by atoms with van der Waals surface area (Å²) in [5.74, 6) is 0.505. The number of aliphatic hydroxyl groups is 1. The van der Waals surface area contributed by atoms with Crippen LogP contribution in [0.25, 0.3) is 11.3 Å². The lowest BCUT2D eigenvalue weighted by Crippen LogP contribution is -2.07. The van der Waals surface area contributed by atoms with Gasteiger partial charge >= 0.3 is 0 Å². The predicted octanol–water partition coefficient (Wildman–Crippen LogP) is 2.54. The molecule has 0 aliphatic rings. The first kappa shape index (κ1) is 12.4. The van der Waals surface area contributed by atoms with Crippen LogP contribution in [0.15, 0.2) is 28.7 Å². The normalized spacial score (nSPS) is 10.8. The quantitative estimate of drug-likeness (QED) is 0.914. The molecule has 0 atom stereocenters. The summed E-state index contributed by atoms with van der Waals surface area (Å²) in [6.07, 6.45) is 0. The molecule has 0 aliphatic heterocycles. The molecule has 0 spiro atoms. The SMILES string of the molecule is Nc1cc(-c2cc(Br)ccc2Cl)nn1CCO. The smallest absolute Gasteiger partial charge is 0.122 e. The van der Waals surface area contributed by atoms with Crippen LogP contribution in [0.4, 0.5) is 5.82 Å². The van der Waals surface area contributed by atoms with Crippen LogP contribution in [-0.2, 0) is 6.54 Å². The van der Waals surface area contributed by atoms with Gasteiger partial charge in [-0.05, 0) is 18.2 Å². The topological polar surface area (TPSA) is 64.1 Å². The largest absolute Gasteiger partial charge is 0.394 e. The zero-order valence-electron chi connectivity index (χ0n) is 8.90. The van der Waals surface area contributed by atoms with Crippen molar-refractivity contribution in [3.05, 3.63) is 33.8 Å². The van der Waals surface area contributed by atoms with Crippen LogP contribution < -0.4 is 5.73 Å². The number of hydrogen-bond acceptors (Lipinski definition) is 3. The average molecular weight is 317 g/mol. The van der Waals surface area contributed by atoms with E-state index >= 15 is 0 Å². The summed E-state index contributed by atoms with van der Waals surface area (Å²) >= 11 is 9.49. The van der Waals surface area contributed by atoms with Crippen LogP contribution >= 0.6 is 27.5 Å². The second-order valence-corrected chi connectivity index (χ2v) is 4.85. The zero-order valence-corrected chi connectivity index (χ0v) is 11.2. The van der Waals surface area contributed by atoms with E-state index in [1.165, 1.54) is 0 Å². The Balaban J connectivity index is 2.45. The number of anilines is 1. The van der Waals surface area contributed by atoms with Crippen LogP contribution in [0.5, 0.6) is 0 Å². The third-order valence-electron chi connectivity index (χ3n) is 2.33. The van der Waals surface area contributed by atoms with E-state index in [1.807, 2.05) is 12.1 Å². The molecule has 0 saturated carbocycles. The van der Waals surface area contributed by atoms with Crippen molar-refractivity contribution in [2.24, 2.45) is 0 Å². The number of aliphatic hydroxyl groups excluding tert-OH is 1. The summed E-state index contributed by atoms with van der Waals surface area (Å²) in [6, 6.07) is 7.28. The molecule has 0 unspecified atom stereocenters. The lowest BCUT2D eigenvalue weighted by atomic mass is 10.1. The van der Waals surface area contributed by atoms with Gasteiger partial charge in [-0.25, -0.2) is 4.68 Å². The molecule has 1 heterocycles. The minimum absolute atomic E-state index is 0.00244. The molecule has 2 aromatic rings. The Morgan fingerprint density at radius 1 is 1.41 bits per heavy atom. The molecule has 0 radical (unpaired) electrons. The maximum absolute atomic E-state index is 8.87. The molecular formula is C11H11BrClN3O. The molecule has 2 rings (SSSR count). The average Bonchev–Trinajstić information content (AvgIpc) is 2.64. The first-order chi connectivity index (χ1) is 8.11. The van der Waals surface area contributed by atoms with Crippen molar-refractivity contribution in [1.29, 1.82) is 0 Å². The Bertz CT molecular complexity index is 542. The fourth-order valence-corrected chi connectivity index (χ4v) is 2.11. The number of nitrogens with zero attached hydrogens (tertiary/aromatic N) is 2. The van der Waals surface area contributed by atoms with Crippen molar-refractivity contribution in [2.45, 2.75) is 6.54 Å². The van der Waals surface area contributed by atoms with Crippen LogP contribution in [-0.4, -0.2) is 21.5 Å². The van der Waals surface area contributed by atoms with Gasteiger partial charge in [0, 0.05) is 16.1 Å². The molecule has 0 fully saturated rings. The van der Waals surface area contributed by atoms with Gasteiger partial charge in [0.15, 0.2) is 0 Å². The van der Waals surface area contributed by atoms with Gasteiger partial charge in [0.2, 0.25) is 0 Å². The maximum Gasteiger partial charge on any atom is 0.122 e. The standard InChI is InChI=1S/C11H11BrClN3O/c12-7-1-2-9(13)8(5-7)10-6-11(14)16(15-10)3-4-17/h1-2,5-6,17H,3-4,14H2. The summed E-state index contributed by atoms with van der Waals surface area (Å²) in [4.78, 5) is 0. The molecule has 4 nitrogen and oxygen atoms in total. The van der Waals surface area contributed by atoms with E-state index in [9.17, 15) is 0 Å². The Morgan fingerprint density at radius 3 is 2.88 bits per heavy atom. The Morgan fingerprint density at radius 2 is 2.18 bits per heavy atom. The fourth-order valence-electron chi connectivity index (χ4n) is 1.53. The van der Waals surface area contributed by atoms with Gasteiger partial charge in [0.25, 0.3) is 0 Å². The molecule has 3 N–H and O–H groups in total.